The first-order valence-electron chi connectivity index (χ1n) is 7.34. The molecule has 0 bridgehead atoms. The molecule has 0 atom stereocenters. The Kier molecular flexibility index (Phi) is 3.72. The lowest BCUT2D eigenvalue weighted by molar-refractivity contribution is 0.0472. The summed E-state index contributed by atoms with van der Waals surface area (Å²) in [5, 5.41) is 1.07. The number of hydrogen-bond donors (Lipinski definition) is 0. The molecule has 0 spiro atoms. The molecule has 0 N–H and O–H groups in total. The number of ether oxygens (including phenoxy) is 1. The second kappa shape index (κ2) is 5.68. The van der Waals surface area contributed by atoms with Gasteiger partial charge in [0.05, 0.1) is 5.56 Å². The van der Waals surface area contributed by atoms with Gasteiger partial charge in [0.1, 0.15) is 6.61 Å². The lowest BCUT2D eigenvalue weighted by Crippen LogP contribution is -2.07. The quantitative estimate of drug-likeness (QED) is 0.679. The molecule has 0 aliphatic carbocycles. The summed E-state index contributed by atoms with van der Waals surface area (Å²) in [6.45, 7) is 4.30. The van der Waals surface area contributed by atoms with Crippen molar-refractivity contribution < 1.29 is 9.53 Å². The Morgan fingerprint density at radius 1 is 1.09 bits per heavy atom. The van der Waals surface area contributed by atoms with Gasteiger partial charge in [-0.3, -0.25) is 0 Å². The minimum absolute atomic E-state index is 0.273. The zero-order valence-corrected chi connectivity index (χ0v) is 13.1. The highest BCUT2D eigenvalue weighted by Crippen LogP contribution is 2.23. The summed E-state index contributed by atoms with van der Waals surface area (Å²) >= 11 is 0. The lowest BCUT2D eigenvalue weighted by Gasteiger charge is -2.08. The summed E-state index contributed by atoms with van der Waals surface area (Å²) in [5.74, 6) is -0.273. The standard InChI is InChI=1S/C19H19NO2/c1-13-9-18-16(10-14(2)20(18)3)11-17(13)19(21)22-12-15-7-5-4-6-8-15/h4-11H,12H2,1-3H3. The number of nitrogens with zero attached hydrogens (tertiary/aromatic N) is 1. The van der Waals surface area contributed by atoms with Gasteiger partial charge < -0.3 is 9.30 Å². The molecule has 0 aliphatic heterocycles. The van der Waals surface area contributed by atoms with Crippen molar-refractivity contribution >= 4 is 16.9 Å². The van der Waals surface area contributed by atoms with Crippen molar-refractivity contribution in [2.45, 2.75) is 20.5 Å². The zero-order chi connectivity index (χ0) is 15.7. The van der Waals surface area contributed by atoms with Crippen molar-refractivity contribution in [2.75, 3.05) is 0 Å². The average Bonchev–Trinajstić information content (AvgIpc) is 2.80. The number of carbonyl (C=O) groups is 1. The van der Waals surface area contributed by atoms with Crippen molar-refractivity contribution in [1.82, 2.24) is 4.57 Å². The molecule has 0 saturated carbocycles. The number of fused-ring (bicyclic) bond motifs is 1. The third-order valence-corrected chi connectivity index (χ3v) is 4.06. The molecule has 1 aromatic heterocycles. The van der Waals surface area contributed by atoms with Gasteiger partial charge in [-0.15, -0.1) is 0 Å². The maximum Gasteiger partial charge on any atom is 0.338 e. The molecule has 0 saturated heterocycles. The van der Waals surface area contributed by atoms with Crippen LogP contribution in [0, 0.1) is 13.8 Å². The SMILES string of the molecule is Cc1cc2c(cc1C(=O)OCc1ccccc1)cc(C)n2C. The molecule has 0 unspecified atom stereocenters. The van der Waals surface area contributed by atoms with E-state index in [2.05, 4.69) is 17.6 Å². The summed E-state index contributed by atoms with van der Waals surface area (Å²) in [6.07, 6.45) is 0. The Bertz CT molecular complexity index is 832. The Morgan fingerprint density at radius 3 is 2.55 bits per heavy atom. The number of hydrogen-bond acceptors (Lipinski definition) is 2. The molecule has 0 amide bonds. The third kappa shape index (κ3) is 2.62. The molecular formula is C19H19NO2. The van der Waals surface area contributed by atoms with Crippen LogP contribution in [0.1, 0.15) is 27.2 Å². The number of aromatic nitrogens is 1. The van der Waals surface area contributed by atoms with Crippen LogP contribution in [0.3, 0.4) is 0 Å². The molecule has 22 heavy (non-hydrogen) atoms. The second-order valence-corrected chi connectivity index (χ2v) is 5.63. The van der Waals surface area contributed by atoms with Crippen LogP contribution in [-0.2, 0) is 18.4 Å². The summed E-state index contributed by atoms with van der Waals surface area (Å²) in [4.78, 5) is 12.3. The molecule has 0 aliphatic rings. The third-order valence-electron chi connectivity index (χ3n) is 4.06. The van der Waals surface area contributed by atoms with Crippen LogP contribution in [0.4, 0.5) is 0 Å². The fourth-order valence-corrected chi connectivity index (χ4v) is 2.65. The van der Waals surface area contributed by atoms with E-state index in [0.29, 0.717) is 12.2 Å². The van der Waals surface area contributed by atoms with Gasteiger partial charge in [0.15, 0.2) is 0 Å². The van der Waals surface area contributed by atoms with E-state index >= 15 is 0 Å². The van der Waals surface area contributed by atoms with E-state index in [1.807, 2.05) is 56.4 Å². The molecule has 2 aromatic carbocycles. The fourth-order valence-electron chi connectivity index (χ4n) is 2.65. The second-order valence-electron chi connectivity index (χ2n) is 5.63. The van der Waals surface area contributed by atoms with E-state index in [4.69, 9.17) is 4.74 Å². The summed E-state index contributed by atoms with van der Waals surface area (Å²) in [6, 6.07) is 15.8. The van der Waals surface area contributed by atoms with Crippen molar-refractivity contribution in [1.29, 1.82) is 0 Å². The highest BCUT2D eigenvalue weighted by atomic mass is 16.5. The predicted molar refractivity (Wildman–Crippen MR) is 88.0 cm³/mol. The van der Waals surface area contributed by atoms with E-state index in [9.17, 15) is 4.79 Å². The lowest BCUT2D eigenvalue weighted by atomic mass is 10.1. The van der Waals surface area contributed by atoms with Gasteiger partial charge in [0.25, 0.3) is 0 Å². The van der Waals surface area contributed by atoms with Gasteiger partial charge >= 0.3 is 5.97 Å². The van der Waals surface area contributed by atoms with Gasteiger partial charge in [-0.05, 0) is 43.2 Å². The molecular weight excluding hydrogens is 274 g/mol. The first-order chi connectivity index (χ1) is 10.6. The average molecular weight is 293 g/mol. The number of aryl methyl sites for hydroxylation is 3. The fraction of sp³-hybridized carbons (Fsp3) is 0.211. The molecule has 3 heteroatoms. The van der Waals surface area contributed by atoms with E-state index < -0.39 is 0 Å². The highest BCUT2D eigenvalue weighted by molar-refractivity contribution is 5.96. The zero-order valence-electron chi connectivity index (χ0n) is 13.1. The van der Waals surface area contributed by atoms with Gasteiger partial charge in [-0.2, -0.15) is 0 Å². The van der Waals surface area contributed by atoms with Gasteiger partial charge in [-0.1, -0.05) is 30.3 Å². The van der Waals surface area contributed by atoms with Crippen molar-refractivity contribution in [3.63, 3.8) is 0 Å². The van der Waals surface area contributed by atoms with Crippen LogP contribution < -0.4 is 0 Å². The van der Waals surface area contributed by atoms with E-state index in [-0.39, 0.29) is 5.97 Å². The Labute approximate surface area is 130 Å². The van der Waals surface area contributed by atoms with Crippen molar-refractivity contribution in [3.8, 4) is 0 Å². The first-order valence-corrected chi connectivity index (χ1v) is 7.34. The topological polar surface area (TPSA) is 31.2 Å². The van der Waals surface area contributed by atoms with Crippen molar-refractivity contribution in [3.05, 3.63) is 70.9 Å². The van der Waals surface area contributed by atoms with Crippen molar-refractivity contribution in [2.24, 2.45) is 7.05 Å². The first kappa shape index (κ1) is 14.4. The molecule has 0 radical (unpaired) electrons. The molecule has 1 heterocycles. The highest BCUT2D eigenvalue weighted by Gasteiger charge is 2.14. The Hall–Kier alpha value is -2.55. The molecule has 3 nitrogen and oxygen atoms in total. The maximum atomic E-state index is 12.3. The maximum absolute atomic E-state index is 12.3. The van der Waals surface area contributed by atoms with Crippen LogP contribution in [0.15, 0.2) is 48.5 Å². The van der Waals surface area contributed by atoms with Crippen LogP contribution >= 0.6 is 0 Å². The largest absolute Gasteiger partial charge is 0.457 e. The molecule has 3 rings (SSSR count). The van der Waals surface area contributed by atoms with Crippen LogP contribution in [0.25, 0.3) is 10.9 Å². The van der Waals surface area contributed by atoms with Gasteiger partial charge in [0.2, 0.25) is 0 Å². The van der Waals surface area contributed by atoms with Crippen LogP contribution in [0.5, 0.6) is 0 Å². The number of carbonyl (C=O) groups excluding carboxylic acids is 1. The number of esters is 1. The smallest absolute Gasteiger partial charge is 0.338 e. The summed E-state index contributed by atoms with van der Waals surface area (Å²) < 4.78 is 7.56. The molecule has 3 aromatic rings. The van der Waals surface area contributed by atoms with Crippen LogP contribution in [0.2, 0.25) is 0 Å². The molecule has 0 fully saturated rings. The Morgan fingerprint density at radius 2 is 1.82 bits per heavy atom. The van der Waals surface area contributed by atoms with E-state index in [1.165, 1.54) is 5.69 Å². The van der Waals surface area contributed by atoms with Crippen LogP contribution in [-0.4, -0.2) is 10.5 Å². The normalized spacial score (nSPS) is 10.9. The number of rotatable bonds is 3. The summed E-state index contributed by atoms with van der Waals surface area (Å²) in [5.41, 5.74) is 4.87. The minimum Gasteiger partial charge on any atom is -0.457 e. The van der Waals surface area contributed by atoms with Gasteiger partial charge in [-0.25, -0.2) is 4.79 Å². The van der Waals surface area contributed by atoms with E-state index in [0.717, 1.165) is 22.0 Å². The number of benzene rings is 2. The van der Waals surface area contributed by atoms with Gasteiger partial charge in [0, 0.05) is 23.6 Å². The summed E-state index contributed by atoms with van der Waals surface area (Å²) in [7, 11) is 2.03. The monoisotopic (exact) mass is 293 g/mol. The van der Waals surface area contributed by atoms with E-state index in [1.54, 1.807) is 0 Å². The Balaban J connectivity index is 1.86. The molecule has 112 valence electrons. The minimum atomic E-state index is -0.273. The predicted octanol–water partition coefficient (Wildman–Crippen LogP) is 4.15.